The van der Waals surface area contributed by atoms with Crippen LogP contribution in [0, 0.1) is 26.7 Å². The number of allylic oxidation sites excluding steroid dienone is 6. The number of Topliss-reactive ketones (excluding diaryl/α,β-unsaturated/α-hetero) is 1. The van der Waals surface area contributed by atoms with E-state index in [0.29, 0.717) is 12.8 Å². The van der Waals surface area contributed by atoms with Gasteiger partial charge in [-0.1, -0.05) is 43.9 Å². The summed E-state index contributed by atoms with van der Waals surface area (Å²) in [5, 5.41) is 0. The number of aliphatic imine (C=N–C) groups is 1. The third-order valence-corrected chi connectivity index (χ3v) is 5.52. The Morgan fingerprint density at radius 3 is 2.22 bits per heavy atom. The van der Waals surface area contributed by atoms with Crippen molar-refractivity contribution in [1.82, 2.24) is 0 Å². The number of carbonyl (C=O) groups is 1. The lowest BCUT2D eigenvalue weighted by Gasteiger charge is -2.23. The summed E-state index contributed by atoms with van der Waals surface area (Å²) in [6, 6.07) is 4.26. The minimum atomic E-state index is -4.61. The molecule has 1 rings (SSSR count). The van der Waals surface area contributed by atoms with Gasteiger partial charge in [-0.15, -0.1) is 13.2 Å². The molecule has 0 fully saturated rings. The Morgan fingerprint density at radius 2 is 1.83 bits per heavy atom. The zero-order chi connectivity index (χ0) is 28.1. The van der Waals surface area contributed by atoms with E-state index in [1.165, 1.54) is 12.1 Å². The van der Waals surface area contributed by atoms with E-state index < -0.39 is 18.0 Å². The molecule has 1 aromatic rings. The van der Waals surface area contributed by atoms with Gasteiger partial charge in [0.25, 0.3) is 0 Å². The summed E-state index contributed by atoms with van der Waals surface area (Å²) < 4.78 is 51.9. The minimum absolute atomic E-state index is 0. The molecule has 0 saturated carbocycles. The Kier molecular flexibility index (Phi) is 14.6. The molecule has 0 N–H and O–H groups in total. The Labute approximate surface area is 214 Å². The number of ketones is 1. The standard InChI is InChI=1S/C20H29FNO.C9H9F3O.H/c1-8-11-16(9-2)19(14(4)5)20(22-7)17(10-3)12-13-18(23)15(6)21;1-6-3-4-8(5-7(6)2)13-9(10,11)12;/h8,11,17H,1-2,6,9-10,12-13H2,3-5,7H3;3-5H,1-2H3;/b16-11-,22-20?;;. The molecular formula is C29H39F4NO2. The van der Waals surface area contributed by atoms with E-state index in [9.17, 15) is 22.4 Å². The van der Waals surface area contributed by atoms with Crippen molar-refractivity contribution in [3.8, 4) is 5.75 Å². The third kappa shape index (κ3) is 11.6. The maximum atomic E-state index is 12.9. The van der Waals surface area contributed by atoms with Crippen LogP contribution in [0.5, 0.6) is 5.75 Å². The van der Waals surface area contributed by atoms with Gasteiger partial charge in [0.1, 0.15) is 5.75 Å². The number of benzene rings is 1. The van der Waals surface area contributed by atoms with Crippen molar-refractivity contribution < 1.29 is 28.5 Å². The van der Waals surface area contributed by atoms with E-state index >= 15 is 0 Å². The molecule has 36 heavy (non-hydrogen) atoms. The first-order chi connectivity index (χ1) is 16.7. The van der Waals surface area contributed by atoms with E-state index in [0.717, 1.165) is 40.0 Å². The summed E-state index contributed by atoms with van der Waals surface area (Å²) in [5.41, 5.74) is 5.95. The first kappa shape index (κ1) is 33.0. The fourth-order valence-corrected chi connectivity index (χ4v) is 3.56. The summed E-state index contributed by atoms with van der Waals surface area (Å²) in [6.45, 7) is 20.5. The molecule has 1 aromatic carbocycles. The van der Waals surface area contributed by atoms with E-state index in [1.54, 1.807) is 26.1 Å². The Morgan fingerprint density at radius 1 is 1.22 bits per heavy atom. The number of ether oxygens (including phenoxy) is 1. The molecule has 0 amide bonds. The van der Waals surface area contributed by atoms with Crippen molar-refractivity contribution in [3.05, 3.63) is 84.1 Å². The SMILES string of the molecule is Cc1ccc(OC(F)(F)F)cc1C.[CH2]C/C(=C/C=C)C(C(=NC)C(CC)CCC(=O)C(=C)F)=C(C)C.[H]. The largest absolute Gasteiger partial charge is 0.573 e. The second-order valence-electron chi connectivity index (χ2n) is 8.43. The molecule has 0 aliphatic carbocycles. The summed E-state index contributed by atoms with van der Waals surface area (Å²) in [7, 11) is 1.76. The van der Waals surface area contributed by atoms with Gasteiger partial charge >= 0.3 is 6.36 Å². The molecule has 0 aromatic heterocycles. The second kappa shape index (κ2) is 15.9. The van der Waals surface area contributed by atoms with Crippen LogP contribution in [-0.4, -0.2) is 24.9 Å². The lowest BCUT2D eigenvalue weighted by Crippen LogP contribution is -2.20. The Bertz CT molecular complexity index is 1000. The number of rotatable bonds is 11. The number of hydrogen-bond acceptors (Lipinski definition) is 3. The van der Waals surface area contributed by atoms with Crippen molar-refractivity contribution in [2.24, 2.45) is 10.9 Å². The van der Waals surface area contributed by atoms with Gasteiger partial charge in [-0.3, -0.25) is 9.79 Å². The van der Waals surface area contributed by atoms with Crippen molar-refractivity contribution in [2.45, 2.75) is 66.7 Å². The molecule has 7 heteroatoms. The fraction of sp³-hybridized carbons (Fsp3) is 0.414. The van der Waals surface area contributed by atoms with Crippen molar-refractivity contribution in [3.63, 3.8) is 0 Å². The van der Waals surface area contributed by atoms with E-state index in [4.69, 9.17) is 0 Å². The topological polar surface area (TPSA) is 38.7 Å². The van der Waals surface area contributed by atoms with Crippen LogP contribution in [0.1, 0.15) is 59.0 Å². The van der Waals surface area contributed by atoms with Crippen LogP contribution in [0.15, 0.2) is 71.0 Å². The zero-order valence-electron chi connectivity index (χ0n) is 23.2. The van der Waals surface area contributed by atoms with E-state index in [1.807, 2.05) is 33.8 Å². The molecule has 1 unspecified atom stereocenters. The van der Waals surface area contributed by atoms with Crippen LogP contribution in [0.4, 0.5) is 17.6 Å². The summed E-state index contributed by atoms with van der Waals surface area (Å²) in [5.74, 6) is -1.48. The Hall–Kier alpha value is -2.96. The van der Waals surface area contributed by atoms with Crippen LogP contribution in [-0.2, 0) is 4.79 Å². The lowest BCUT2D eigenvalue weighted by atomic mass is 9.83. The maximum Gasteiger partial charge on any atom is 0.573 e. The van der Waals surface area contributed by atoms with Gasteiger partial charge in [0.05, 0.1) is 0 Å². The van der Waals surface area contributed by atoms with Gasteiger partial charge < -0.3 is 4.74 Å². The van der Waals surface area contributed by atoms with Crippen LogP contribution >= 0.6 is 0 Å². The number of carbonyl (C=O) groups excluding carboxylic acids is 1. The molecule has 1 atom stereocenters. The van der Waals surface area contributed by atoms with E-state index in [-0.39, 0.29) is 19.5 Å². The molecule has 2 radical (unpaired) electrons. The highest BCUT2D eigenvalue weighted by Gasteiger charge is 2.31. The number of alkyl halides is 3. The van der Waals surface area contributed by atoms with Gasteiger partial charge in [-0.05, 0) is 88.3 Å². The molecule has 0 spiro atoms. The molecule has 0 aliphatic rings. The van der Waals surface area contributed by atoms with Crippen LogP contribution in [0.3, 0.4) is 0 Å². The molecule has 0 heterocycles. The number of nitrogens with zero attached hydrogens (tertiary/aromatic N) is 1. The first-order valence-electron chi connectivity index (χ1n) is 11.7. The normalized spacial score (nSPS) is 12.8. The first-order valence-corrected chi connectivity index (χ1v) is 11.7. The third-order valence-electron chi connectivity index (χ3n) is 5.52. The van der Waals surface area contributed by atoms with Crippen LogP contribution < -0.4 is 4.74 Å². The number of aryl methyl sites for hydroxylation is 2. The molecule has 3 nitrogen and oxygen atoms in total. The highest BCUT2D eigenvalue weighted by atomic mass is 19.4. The smallest absolute Gasteiger partial charge is 0.406 e. The second-order valence-corrected chi connectivity index (χ2v) is 8.43. The molecule has 0 bridgehead atoms. The minimum Gasteiger partial charge on any atom is -0.406 e. The highest BCUT2D eigenvalue weighted by molar-refractivity contribution is 6.06. The van der Waals surface area contributed by atoms with Crippen LogP contribution in [0.2, 0.25) is 0 Å². The Balaban J connectivity index is 0. The van der Waals surface area contributed by atoms with Crippen molar-refractivity contribution in [1.29, 1.82) is 0 Å². The predicted octanol–water partition coefficient (Wildman–Crippen LogP) is 8.90. The van der Waals surface area contributed by atoms with Gasteiger partial charge in [-0.25, -0.2) is 4.39 Å². The predicted molar refractivity (Wildman–Crippen MR) is 142 cm³/mol. The number of halogens is 4. The summed E-state index contributed by atoms with van der Waals surface area (Å²) >= 11 is 0. The van der Waals surface area contributed by atoms with Crippen LogP contribution in [0.25, 0.3) is 0 Å². The molecule has 200 valence electrons. The summed E-state index contributed by atoms with van der Waals surface area (Å²) in [6.07, 6.45) is 1.24. The van der Waals surface area contributed by atoms with Crippen molar-refractivity contribution in [2.75, 3.05) is 7.05 Å². The maximum absolute atomic E-state index is 12.9. The van der Waals surface area contributed by atoms with Gasteiger partial charge in [0.2, 0.25) is 0 Å². The zero-order valence-corrected chi connectivity index (χ0v) is 22.2. The average molecular weight is 510 g/mol. The monoisotopic (exact) mass is 509 g/mol. The van der Waals surface area contributed by atoms with Gasteiger partial charge in [-0.2, -0.15) is 0 Å². The fourth-order valence-electron chi connectivity index (χ4n) is 3.56. The highest BCUT2D eigenvalue weighted by Crippen LogP contribution is 2.28. The molecule has 0 aliphatic heterocycles. The molecule has 0 saturated heterocycles. The summed E-state index contributed by atoms with van der Waals surface area (Å²) in [4.78, 5) is 16.0. The number of hydrogen-bond donors (Lipinski definition) is 0. The van der Waals surface area contributed by atoms with E-state index in [2.05, 4.69) is 29.8 Å². The quantitative estimate of drug-likeness (QED) is 0.129. The van der Waals surface area contributed by atoms with Gasteiger partial charge in [0, 0.05) is 26.5 Å². The van der Waals surface area contributed by atoms with Gasteiger partial charge in [0.15, 0.2) is 11.6 Å². The van der Waals surface area contributed by atoms with Crippen molar-refractivity contribution >= 4 is 11.5 Å². The molecular weight excluding hydrogens is 470 g/mol. The average Bonchev–Trinajstić information content (AvgIpc) is 2.78. The lowest BCUT2D eigenvalue weighted by molar-refractivity contribution is -0.274.